The minimum absolute atomic E-state index is 0.137. The lowest BCUT2D eigenvalue weighted by molar-refractivity contribution is 0.424. The van der Waals surface area contributed by atoms with Crippen LogP contribution in [0.5, 0.6) is 0 Å². The van der Waals surface area contributed by atoms with Gasteiger partial charge in [0.25, 0.3) is 0 Å². The maximum Gasteiger partial charge on any atom is 0.129 e. The van der Waals surface area contributed by atoms with E-state index in [-0.39, 0.29) is 5.54 Å². The molecule has 0 unspecified atom stereocenters. The average Bonchev–Trinajstić information content (AvgIpc) is 2.34. The van der Waals surface area contributed by atoms with Gasteiger partial charge in [-0.15, -0.1) is 0 Å². The molecule has 0 saturated carbocycles. The molecule has 20 heavy (non-hydrogen) atoms. The van der Waals surface area contributed by atoms with Crippen LogP contribution in [0.1, 0.15) is 59.2 Å². The van der Waals surface area contributed by atoms with Crippen molar-refractivity contribution < 1.29 is 0 Å². The van der Waals surface area contributed by atoms with Crippen LogP contribution in [0, 0.1) is 0 Å². The second-order valence-electron chi connectivity index (χ2n) is 6.88. The van der Waals surface area contributed by atoms with Crippen LogP contribution < -0.4 is 10.2 Å². The molecule has 3 nitrogen and oxygen atoms in total. The number of rotatable bonds is 6. The standard InChI is InChI=1S/C17H31N3/c1-8-9-15-10-14(12-18-17(4,5)6)11-16(19-15)20(7)13(2)3/h10-11,13,18H,8-9,12H2,1-7H3. The smallest absolute Gasteiger partial charge is 0.129 e. The lowest BCUT2D eigenvalue weighted by atomic mass is 10.1. The van der Waals surface area contributed by atoms with Crippen molar-refractivity contribution >= 4 is 5.82 Å². The fourth-order valence-corrected chi connectivity index (χ4v) is 1.93. The number of anilines is 1. The number of hydrogen-bond acceptors (Lipinski definition) is 3. The highest BCUT2D eigenvalue weighted by molar-refractivity contribution is 5.43. The van der Waals surface area contributed by atoms with Gasteiger partial charge in [0, 0.05) is 30.9 Å². The molecule has 0 amide bonds. The first kappa shape index (κ1) is 17.0. The van der Waals surface area contributed by atoms with E-state index in [4.69, 9.17) is 4.98 Å². The molecular formula is C17H31N3. The largest absolute Gasteiger partial charge is 0.357 e. The summed E-state index contributed by atoms with van der Waals surface area (Å²) in [6.07, 6.45) is 2.18. The third-order valence-corrected chi connectivity index (χ3v) is 3.39. The summed E-state index contributed by atoms with van der Waals surface area (Å²) in [5.41, 5.74) is 2.65. The summed E-state index contributed by atoms with van der Waals surface area (Å²) in [6, 6.07) is 4.90. The molecule has 1 heterocycles. The van der Waals surface area contributed by atoms with Crippen LogP contribution in [-0.4, -0.2) is 23.6 Å². The van der Waals surface area contributed by atoms with Gasteiger partial charge in [0.1, 0.15) is 5.82 Å². The first-order chi connectivity index (χ1) is 9.23. The van der Waals surface area contributed by atoms with Gasteiger partial charge < -0.3 is 10.2 Å². The Morgan fingerprint density at radius 2 is 1.90 bits per heavy atom. The molecule has 0 aliphatic heterocycles. The van der Waals surface area contributed by atoms with E-state index >= 15 is 0 Å². The summed E-state index contributed by atoms with van der Waals surface area (Å²) < 4.78 is 0. The second-order valence-corrected chi connectivity index (χ2v) is 6.88. The van der Waals surface area contributed by atoms with E-state index in [2.05, 4.69) is 70.9 Å². The van der Waals surface area contributed by atoms with Crippen molar-refractivity contribution in [1.82, 2.24) is 10.3 Å². The van der Waals surface area contributed by atoms with Crippen LogP contribution in [0.3, 0.4) is 0 Å². The van der Waals surface area contributed by atoms with Gasteiger partial charge in [-0.05, 0) is 58.7 Å². The predicted molar refractivity (Wildman–Crippen MR) is 88.4 cm³/mol. The highest BCUT2D eigenvalue weighted by atomic mass is 15.2. The highest BCUT2D eigenvalue weighted by Crippen LogP contribution is 2.18. The topological polar surface area (TPSA) is 28.2 Å². The molecule has 0 radical (unpaired) electrons. The summed E-state index contributed by atoms with van der Waals surface area (Å²) in [5, 5.41) is 3.56. The van der Waals surface area contributed by atoms with E-state index < -0.39 is 0 Å². The number of nitrogens with one attached hydrogen (secondary N) is 1. The van der Waals surface area contributed by atoms with Gasteiger partial charge in [-0.1, -0.05) is 13.3 Å². The van der Waals surface area contributed by atoms with Crippen molar-refractivity contribution in [3.63, 3.8) is 0 Å². The van der Waals surface area contributed by atoms with Crippen molar-refractivity contribution in [2.45, 2.75) is 72.5 Å². The zero-order valence-corrected chi connectivity index (χ0v) is 14.2. The fraction of sp³-hybridized carbons (Fsp3) is 0.706. The van der Waals surface area contributed by atoms with Gasteiger partial charge in [0.15, 0.2) is 0 Å². The third-order valence-electron chi connectivity index (χ3n) is 3.39. The van der Waals surface area contributed by atoms with Crippen molar-refractivity contribution in [3.05, 3.63) is 23.4 Å². The lowest BCUT2D eigenvalue weighted by Gasteiger charge is -2.25. The minimum atomic E-state index is 0.137. The summed E-state index contributed by atoms with van der Waals surface area (Å²) in [4.78, 5) is 7.02. The predicted octanol–water partition coefficient (Wildman–Crippen LogP) is 3.77. The molecule has 1 aromatic rings. The van der Waals surface area contributed by atoms with Crippen molar-refractivity contribution in [2.75, 3.05) is 11.9 Å². The van der Waals surface area contributed by atoms with Crippen LogP contribution in [0.4, 0.5) is 5.82 Å². The lowest BCUT2D eigenvalue weighted by Crippen LogP contribution is -2.35. The fourth-order valence-electron chi connectivity index (χ4n) is 1.93. The third kappa shape index (κ3) is 5.49. The Labute approximate surface area is 124 Å². The minimum Gasteiger partial charge on any atom is -0.357 e. The summed E-state index contributed by atoms with van der Waals surface area (Å²) >= 11 is 0. The zero-order chi connectivity index (χ0) is 15.3. The van der Waals surface area contributed by atoms with E-state index in [0.717, 1.165) is 25.2 Å². The first-order valence-corrected chi connectivity index (χ1v) is 7.70. The Balaban J connectivity index is 2.98. The van der Waals surface area contributed by atoms with Crippen LogP contribution in [0.15, 0.2) is 12.1 Å². The Bertz CT molecular complexity index is 419. The van der Waals surface area contributed by atoms with Crippen molar-refractivity contribution in [3.8, 4) is 0 Å². The van der Waals surface area contributed by atoms with E-state index in [1.165, 1.54) is 11.3 Å². The zero-order valence-electron chi connectivity index (χ0n) is 14.2. The SMILES string of the molecule is CCCc1cc(CNC(C)(C)C)cc(N(C)C(C)C)n1. The molecule has 114 valence electrons. The van der Waals surface area contributed by atoms with Gasteiger partial charge >= 0.3 is 0 Å². The molecule has 0 fully saturated rings. The number of pyridine rings is 1. The Hall–Kier alpha value is -1.09. The molecule has 0 bridgehead atoms. The number of aryl methyl sites for hydroxylation is 1. The maximum absolute atomic E-state index is 4.79. The van der Waals surface area contributed by atoms with E-state index in [1.807, 2.05) is 0 Å². The summed E-state index contributed by atoms with van der Waals surface area (Å²) in [7, 11) is 2.11. The molecule has 3 heteroatoms. The first-order valence-electron chi connectivity index (χ1n) is 7.70. The second kappa shape index (κ2) is 7.07. The Morgan fingerprint density at radius 3 is 2.40 bits per heavy atom. The molecular weight excluding hydrogens is 246 g/mol. The molecule has 0 saturated heterocycles. The van der Waals surface area contributed by atoms with E-state index in [0.29, 0.717) is 6.04 Å². The number of hydrogen-bond donors (Lipinski definition) is 1. The van der Waals surface area contributed by atoms with Gasteiger partial charge in [0.05, 0.1) is 0 Å². The van der Waals surface area contributed by atoms with Crippen molar-refractivity contribution in [2.24, 2.45) is 0 Å². The van der Waals surface area contributed by atoms with Gasteiger partial charge in [-0.2, -0.15) is 0 Å². The molecule has 0 aromatic carbocycles. The Morgan fingerprint density at radius 1 is 1.25 bits per heavy atom. The quantitative estimate of drug-likeness (QED) is 0.858. The average molecular weight is 277 g/mol. The van der Waals surface area contributed by atoms with Crippen LogP contribution in [0.25, 0.3) is 0 Å². The summed E-state index contributed by atoms with van der Waals surface area (Å²) in [6.45, 7) is 14.1. The Kier molecular flexibility index (Phi) is 6.00. The normalized spacial score (nSPS) is 12.0. The van der Waals surface area contributed by atoms with E-state index in [1.54, 1.807) is 0 Å². The molecule has 0 spiro atoms. The molecule has 1 aromatic heterocycles. The maximum atomic E-state index is 4.79. The number of nitrogens with zero attached hydrogens (tertiary/aromatic N) is 2. The van der Waals surface area contributed by atoms with Crippen LogP contribution in [0.2, 0.25) is 0 Å². The van der Waals surface area contributed by atoms with Gasteiger partial charge in [-0.25, -0.2) is 4.98 Å². The number of aromatic nitrogens is 1. The van der Waals surface area contributed by atoms with Crippen LogP contribution in [-0.2, 0) is 13.0 Å². The van der Waals surface area contributed by atoms with Crippen LogP contribution >= 0.6 is 0 Å². The summed E-state index contributed by atoms with van der Waals surface area (Å²) in [5.74, 6) is 1.08. The molecule has 0 atom stereocenters. The van der Waals surface area contributed by atoms with Crippen molar-refractivity contribution in [1.29, 1.82) is 0 Å². The highest BCUT2D eigenvalue weighted by Gasteiger charge is 2.12. The molecule has 0 aliphatic carbocycles. The van der Waals surface area contributed by atoms with Gasteiger partial charge in [0.2, 0.25) is 0 Å². The molecule has 1 N–H and O–H groups in total. The van der Waals surface area contributed by atoms with Gasteiger partial charge in [-0.3, -0.25) is 0 Å². The molecule has 0 aliphatic rings. The molecule has 1 rings (SSSR count). The van der Waals surface area contributed by atoms with E-state index in [9.17, 15) is 0 Å². The monoisotopic (exact) mass is 277 g/mol.